The normalized spacial score (nSPS) is 28.0. The van der Waals surface area contributed by atoms with Crippen molar-refractivity contribution in [1.29, 1.82) is 0 Å². The number of piperidine rings is 1. The van der Waals surface area contributed by atoms with E-state index in [1.807, 2.05) is 0 Å². The summed E-state index contributed by atoms with van der Waals surface area (Å²) in [5.41, 5.74) is 3.49. The number of carbonyl (C=O) groups is 1. The first-order chi connectivity index (χ1) is 8.20. The van der Waals surface area contributed by atoms with Crippen LogP contribution in [0, 0.1) is 12.8 Å². The molecule has 0 N–H and O–H groups in total. The molecule has 2 unspecified atom stereocenters. The molecule has 2 aliphatic rings. The number of rotatable bonds is 1. The van der Waals surface area contributed by atoms with Crippen molar-refractivity contribution in [2.24, 2.45) is 5.92 Å². The van der Waals surface area contributed by atoms with Crippen LogP contribution in [-0.2, 0) is 0 Å². The van der Waals surface area contributed by atoms with Crippen molar-refractivity contribution in [1.82, 2.24) is 4.90 Å². The highest BCUT2D eigenvalue weighted by Gasteiger charge is 2.42. The lowest BCUT2D eigenvalue weighted by Gasteiger charge is -2.33. The largest absolute Gasteiger partial charge is 0.303 e. The number of hydrogen-bond donors (Lipinski definition) is 0. The van der Waals surface area contributed by atoms with Crippen molar-refractivity contribution in [3.8, 4) is 0 Å². The van der Waals surface area contributed by atoms with Gasteiger partial charge < -0.3 is 4.90 Å². The second kappa shape index (κ2) is 3.95. The molecule has 17 heavy (non-hydrogen) atoms. The topological polar surface area (TPSA) is 20.3 Å². The minimum atomic E-state index is 0.259. The van der Waals surface area contributed by atoms with Gasteiger partial charge in [0.2, 0.25) is 0 Å². The summed E-state index contributed by atoms with van der Waals surface area (Å²) in [7, 11) is 0. The fraction of sp³-hybridized carbons (Fsp3) is 0.533. The predicted octanol–water partition coefficient (Wildman–Crippen LogP) is 2.62. The third kappa shape index (κ3) is 1.62. The van der Waals surface area contributed by atoms with Crippen molar-refractivity contribution in [2.75, 3.05) is 19.6 Å². The molecular formula is C15H19NO. The lowest BCUT2D eigenvalue weighted by Crippen LogP contribution is -2.38. The van der Waals surface area contributed by atoms with Gasteiger partial charge in [0.1, 0.15) is 0 Å². The molecule has 1 aliphatic heterocycles. The zero-order valence-corrected chi connectivity index (χ0v) is 10.6. The van der Waals surface area contributed by atoms with Crippen molar-refractivity contribution >= 4 is 5.78 Å². The van der Waals surface area contributed by atoms with E-state index in [1.165, 1.54) is 11.1 Å². The van der Waals surface area contributed by atoms with Crippen molar-refractivity contribution < 1.29 is 4.79 Å². The first-order valence-electron chi connectivity index (χ1n) is 6.58. The van der Waals surface area contributed by atoms with E-state index in [9.17, 15) is 4.79 Å². The number of benzene rings is 1. The maximum Gasteiger partial charge on any atom is 0.166 e. The average molecular weight is 229 g/mol. The van der Waals surface area contributed by atoms with E-state index in [0.717, 1.165) is 31.6 Å². The van der Waals surface area contributed by atoms with E-state index in [2.05, 4.69) is 36.9 Å². The Morgan fingerprint density at radius 3 is 2.94 bits per heavy atom. The number of ketones is 1. The van der Waals surface area contributed by atoms with E-state index in [1.54, 1.807) is 0 Å². The standard InChI is InChI=1S/C15H19NO/c1-3-16-7-6-12-14(9-16)11-5-4-10(2)8-13(11)15(12)17/h4-5,8,12,14H,3,6-7,9H2,1-2H3. The SMILES string of the molecule is CCN1CCC2C(=O)c3cc(C)ccc3C2C1. The zero-order chi connectivity index (χ0) is 12.0. The minimum absolute atomic E-state index is 0.259. The summed E-state index contributed by atoms with van der Waals surface area (Å²) in [6, 6.07) is 6.39. The molecule has 2 heteroatoms. The van der Waals surface area contributed by atoms with E-state index >= 15 is 0 Å². The molecule has 1 aliphatic carbocycles. The molecule has 0 bridgehead atoms. The van der Waals surface area contributed by atoms with E-state index in [0.29, 0.717) is 11.7 Å². The summed E-state index contributed by atoms with van der Waals surface area (Å²) >= 11 is 0. The van der Waals surface area contributed by atoms with E-state index in [4.69, 9.17) is 0 Å². The van der Waals surface area contributed by atoms with Gasteiger partial charge in [0, 0.05) is 23.9 Å². The van der Waals surface area contributed by atoms with Crippen LogP contribution in [0.25, 0.3) is 0 Å². The van der Waals surface area contributed by atoms with Gasteiger partial charge in [-0.25, -0.2) is 0 Å². The number of aryl methyl sites for hydroxylation is 1. The third-order valence-corrected chi connectivity index (χ3v) is 4.35. The first kappa shape index (κ1) is 11.0. The van der Waals surface area contributed by atoms with Crippen LogP contribution in [0.2, 0.25) is 0 Å². The van der Waals surface area contributed by atoms with Gasteiger partial charge in [-0.15, -0.1) is 0 Å². The van der Waals surface area contributed by atoms with Crippen molar-refractivity contribution in [2.45, 2.75) is 26.2 Å². The second-order valence-electron chi connectivity index (χ2n) is 5.35. The lowest BCUT2D eigenvalue weighted by atomic mass is 9.85. The minimum Gasteiger partial charge on any atom is -0.303 e. The summed E-state index contributed by atoms with van der Waals surface area (Å²) in [4.78, 5) is 14.8. The molecule has 0 amide bonds. The molecule has 0 radical (unpaired) electrons. The fourth-order valence-electron chi connectivity index (χ4n) is 3.34. The second-order valence-corrected chi connectivity index (χ2v) is 5.35. The summed E-state index contributed by atoms with van der Waals surface area (Å²) in [5.74, 6) is 1.10. The Kier molecular flexibility index (Phi) is 2.55. The van der Waals surface area contributed by atoms with Gasteiger partial charge in [-0.3, -0.25) is 4.79 Å². The van der Waals surface area contributed by atoms with Crippen LogP contribution in [0.1, 0.15) is 40.7 Å². The highest BCUT2D eigenvalue weighted by atomic mass is 16.1. The maximum absolute atomic E-state index is 12.4. The van der Waals surface area contributed by atoms with Crippen molar-refractivity contribution in [3.63, 3.8) is 0 Å². The van der Waals surface area contributed by atoms with Gasteiger partial charge in [-0.2, -0.15) is 0 Å². The molecule has 1 fully saturated rings. The third-order valence-electron chi connectivity index (χ3n) is 4.35. The molecule has 0 spiro atoms. The summed E-state index contributed by atoms with van der Waals surface area (Å²) in [6.07, 6.45) is 1.03. The van der Waals surface area contributed by atoms with Crippen LogP contribution in [0.3, 0.4) is 0 Å². The van der Waals surface area contributed by atoms with Crippen LogP contribution in [0.15, 0.2) is 18.2 Å². The number of likely N-dealkylation sites (N-methyl/N-ethyl adjacent to an activating group) is 1. The molecule has 0 saturated carbocycles. The van der Waals surface area contributed by atoms with Crippen LogP contribution >= 0.6 is 0 Å². The Labute approximate surface area is 103 Å². The molecule has 90 valence electrons. The Bertz CT molecular complexity index is 466. The fourth-order valence-corrected chi connectivity index (χ4v) is 3.34. The van der Waals surface area contributed by atoms with Gasteiger partial charge in [-0.1, -0.05) is 24.6 Å². The van der Waals surface area contributed by atoms with E-state index < -0.39 is 0 Å². The number of fused-ring (bicyclic) bond motifs is 3. The average Bonchev–Trinajstić information content (AvgIpc) is 2.62. The molecule has 3 rings (SSSR count). The highest BCUT2D eigenvalue weighted by Crippen LogP contribution is 2.42. The molecular weight excluding hydrogens is 210 g/mol. The molecule has 0 aromatic heterocycles. The molecule has 2 nitrogen and oxygen atoms in total. The molecule has 2 atom stereocenters. The number of Topliss-reactive ketones (excluding diaryl/α,β-unsaturated/α-hetero) is 1. The predicted molar refractivity (Wildman–Crippen MR) is 68.5 cm³/mol. The number of hydrogen-bond acceptors (Lipinski definition) is 2. The van der Waals surface area contributed by atoms with Gasteiger partial charge >= 0.3 is 0 Å². The van der Waals surface area contributed by atoms with Crippen LogP contribution in [0.4, 0.5) is 0 Å². The highest BCUT2D eigenvalue weighted by molar-refractivity contribution is 6.03. The van der Waals surface area contributed by atoms with Gasteiger partial charge in [-0.05, 0) is 38.1 Å². The number of nitrogens with zero attached hydrogens (tertiary/aromatic N) is 1. The monoisotopic (exact) mass is 229 g/mol. The van der Waals surface area contributed by atoms with Crippen LogP contribution in [0.5, 0.6) is 0 Å². The van der Waals surface area contributed by atoms with Crippen molar-refractivity contribution in [3.05, 3.63) is 34.9 Å². The Balaban J connectivity index is 2.00. The van der Waals surface area contributed by atoms with Crippen LogP contribution in [-0.4, -0.2) is 30.3 Å². The Morgan fingerprint density at radius 2 is 2.18 bits per heavy atom. The molecule has 1 heterocycles. The molecule has 1 aromatic carbocycles. The summed E-state index contributed by atoms with van der Waals surface area (Å²) < 4.78 is 0. The summed E-state index contributed by atoms with van der Waals surface area (Å²) in [6.45, 7) is 7.50. The first-order valence-corrected chi connectivity index (χ1v) is 6.58. The molecule has 1 saturated heterocycles. The summed E-state index contributed by atoms with van der Waals surface area (Å²) in [5, 5.41) is 0. The Morgan fingerprint density at radius 1 is 1.35 bits per heavy atom. The van der Waals surface area contributed by atoms with Gasteiger partial charge in [0.25, 0.3) is 0 Å². The van der Waals surface area contributed by atoms with Gasteiger partial charge in [0.15, 0.2) is 5.78 Å². The zero-order valence-electron chi connectivity index (χ0n) is 10.6. The lowest BCUT2D eigenvalue weighted by molar-refractivity contribution is 0.0846. The van der Waals surface area contributed by atoms with E-state index in [-0.39, 0.29) is 5.92 Å². The Hall–Kier alpha value is -1.15. The van der Waals surface area contributed by atoms with Crippen LogP contribution < -0.4 is 0 Å². The number of likely N-dealkylation sites (tertiary alicyclic amines) is 1. The molecule has 1 aromatic rings. The maximum atomic E-state index is 12.4. The smallest absolute Gasteiger partial charge is 0.166 e. The number of carbonyl (C=O) groups excluding carboxylic acids is 1. The quantitative estimate of drug-likeness (QED) is 0.738. The van der Waals surface area contributed by atoms with Gasteiger partial charge in [0.05, 0.1) is 0 Å².